The van der Waals surface area contributed by atoms with Gasteiger partial charge in [-0.15, -0.1) is 0 Å². The van der Waals surface area contributed by atoms with Gasteiger partial charge in [-0.1, -0.05) is 41.9 Å². The quantitative estimate of drug-likeness (QED) is 0.916. The Balaban J connectivity index is 1.84. The Morgan fingerprint density at radius 3 is 2.45 bits per heavy atom. The van der Waals surface area contributed by atoms with Gasteiger partial charge in [-0.3, -0.25) is 4.79 Å². The summed E-state index contributed by atoms with van der Waals surface area (Å²) in [5, 5.41) is 3.48. The number of hydrogen-bond acceptors (Lipinski definition) is 2. The highest BCUT2D eigenvalue weighted by Gasteiger charge is 2.14. The normalized spacial score (nSPS) is 11.7. The summed E-state index contributed by atoms with van der Waals surface area (Å²) < 4.78 is 5.55. The zero-order valence-electron chi connectivity index (χ0n) is 11.2. The van der Waals surface area contributed by atoms with Crippen molar-refractivity contribution in [2.24, 2.45) is 0 Å². The number of benzene rings is 2. The Morgan fingerprint density at radius 1 is 1.15 bits per heavy atom. The molecular weight excluding hydrogens is 274 g/mol. The first kappa shape index (κ1) is 14.4. The highest BCUT2D eigenvalue weighted by molar-refractivity contribution is 6.30. The third-order valence-electron chi connectivity index (χ3n) is 2.81. The summed E-state index contributed by atoms with van der Waals surface area (Å²) in [6.07, 6.45) is -0.556. The van der Waals surface area contributed by atoms with Gasteiger partial charge in [-0.2, -0.15) is 0 Å². The van der Waals surface area contributed by atoms with E-state index in [1.54, 1.807) is 31.2 Å². The molecule has 0 bridgehead atoms. The lowest BCUT2D eigenvalue weighted by Gasteiger charge is -2.14. The fourth-order valence-corrected chi connectivity index (χ4v) is 1.83. The molecule has 0 aliphatic carbocycles. The van der Waals surface area contributed by atoms with Crippen LogP contribution in [0.3, 0.4) is 0 Å². The van der Waals surface area contributed by atoms with E-state index in [9.17, 15) is 4.79 Å². The van der Waals surface area contributed by atoms with Gasteiger partial charge < -0.3 is 10.1 Å². The minimum atomic E-state index is -0.556. The van der Waals surface area contributed by atoms with E-state index in [-0.39, 0.29) is 5.91 Å². The molecule has 104 valence electrons. The molecule has 4 heteroatoms. The van der Waals surface area contributed by atoms with Crippen LogP contribution in [0.4, 0.5) is 0 Å². The lowest BCUT2D eigenvalue weighted by atomic mass is 10.2. The van der Waals surface area contributed by atoms with Crippen LogP contribution < -0.4 is 10.1 Å². The van der Waals surface area contributed by atoms with Crippen molar-refractivity contribution in [2.45, 2.75) is 19.6 Å². The van der Waals surface area contributed by atoms with Crippen molar-refractivity contribution >= 4 is 17.5 Å². The second-order valence-corrected chi connectivity index (χ2v) is 4.85. The fourth-order valence-electron chi connectivity index (χ4n) is 1.70. The van der Waals surface area contributed by atoms with E-state index in [1.165, 1.54) is 0 Å². The van der Waals surface area contributed by atoms with Crippen LogP contribution in [0, 0.1) is 0 Å². The van der Waals surface area contributed by atoms with Crippen LogP contribution in [0.2, 0.25) is 5.02 Å². The van der Waals surface area contributed by atoms with Crippen molar-refractivity contribution in [1.29, 1.82) is 0 Å². The van der Waals surface area contributed by atoms with Crippen molar-refractivity contribution in [3.8, 4) is 5.75 Å². The SMILES string of the molecule is CC(Oc1ccc(Cl)cc1)C(=O)NCc1ccccc1. The van der Waals surface area contributed by atoms with E-state index in [4.69, 9.17) is 16.3 Å². The molecule has 1 N–H and O–H groups in total. The van der Waals surface area contributed by atoms with Crippen LogP contribution in [0.5, 0.6) is 5.75 Å². The van der Waals surface area contributed by atoms with Crippen molar-refractivity contribution in [1.82, 2.24) is 5.32 Å². The number of hydrogen-bond donors (Lipinski definition) is 1. The Bertz CT molecular complexity index is 554. The van der Waals surface area contributed by atoms with E-state index >= 15 is 0 Å². The number of carbonyl (C=O) groups excluding carboxylic acids is 1. The largest absolute Gasteiger partial charge is 0.481 e. The average Bonchev–Trinajstić information content (AvgIpc) is 2.48. The number of amides is 1. The molecule has 0 spiro atoms. The van der Waals surface area contributed by atoms with Crippen LogP contribution in [0.25, 0.3) is 0 Å². The van der Waals surface area contributed by atoms with Crippen LogP contribution in [0.1, 0.15) is 12.5 Å². The maximum Gasteiger partial charge on any atom is 0.261 e. The lowest BCUT2D eigenvalue weighted by molar-refractivity contribution is -0.127. The molecule has 1 unspecified atom stereocenters. The molecule has 2 rings (SSSR count). The van der Waals surface area contributed by atoms with Crippen LogP contribution in [-0.2, 0) is 11.3 Å². The van der Waals surface area contributed by atoms with E-state index < -0.39 is 6.10 Å². The highest BCUT2D eigenvalue weighted by Crippen LogP contribution is 2.16. The van der Waals surface area contributed by atoms with Crippen molar-refractivity contribution in [2.75, 3.05) is 0 Å². The Kier molecular flexibility index (Phi) is 5.02. The first-order valence-corrected chi connectivity index (χ1v) is 6.77. The molecule has 0 aliphatic heterocycles. The molecule has 2 aromatic carbocycles. The molecule has 0 fully saturated rings. The summed E-state index contributed by atoms with van der Waals surface area (Å²) in [5.74, 6) is 0.473. The van der Waals surface area contributed by atoms with Gasteiger partial charge in [0.25, 0.3) is 5.91 Å². The van der Waals surface area contributed by atoms with Crippen molar-refractivity contribution < 1.29 is 9.53 Å². The predicted octanol–water partition coefficient (Wildman–Crippen LogP) is 3.42. The summed E-state index contributed by atoms with van der Waals surface area (Å²) in [5.41, 5.74) is 1.06. The van der Waals surface area contributed by atoms with E-state index in [1.807, 2.05) is 30.3 Å². The van der Waals surface area contributed by atoms with Gasteiger partial charge in [0.2, 0.25) is 0 Å². The second-order valence-electron chi connectivity index (χ2n) is 4.42. The molecular formula is C16H16ClNO2. The zero-order valence-corrected chi connectivity index (χ0v) is 11.9. The van der Waals surface area contributed by atoms with Crippen LogP contribution in [0.15, 0.2) is 54.6 Å². The van der Waals surface area contributed by atoms with Gasteiger partial charge >= 0.3 is 0 Å². The first-order chi connectivity index (χ1) is 9.65. The predicted molar refractivity (Wildman–Crippen MR) is 79.8 cm³/mol. The maximum atomic E-state index is 11.9. The Hall–Kier alpha value is -2.00. The van der Waals surface area contributed by atoms with Crippen LogP contribution in [-0.4, -0.2) is 12.0 Å². The maximum absolute atomic E-state index is 11.9. The van der Waals surface area contributed by atoms with E-state index in [0.29, 0.717) is 17.3 Å². The first-order valence-electron chi connectivity index (χ1n) is 6.39. The van der Waals surface area contributed by atoms with E-state index in [0.717, 1.165) is 5.56 Å². The average molecular weight is 290 g/mol. The smallest absolute Gasteiger partial charge is 0.261 e. The minimum Gasteiger partial charge on any atom is -0.481 e. The molecule has 0 heterocycles. The molecule has 0 saturated heterocycles. The topological polar surface area (TPSA) is 38.3 Å². The lowest BCUT2D eigenvalue weighted by Crippen LogP contribution is -2.35. The van der Waals surface area contributed by atoms with Crippen molar-refractivity contribution in [3.63, 3.8) is 0 Å². The molecule has 0 aromatic heterocycles. The van der Waals surface area contributed by atoms with Gasteiger partial charge in [0, 0.05) is 11.6 Å². The number of rotatable bonds is 5. The molecule has 3 nitrogen and oxygen atoms in total. The van der Waals surface area contributed by atoms with E-state index in [2.05, 4.69) is 5.32 Å². The summed E-state index contributed by atoms with van der Waals surface area (Å²) >= 11 is 5.79. The van der Waals surface area contributed by atoms with Gasteiger partial charge in [-0.05, 0) is 36.8 Å². The third kappa shape index (κ3) is 4.28. The summed E-state index contributed by atoms with van der Waals surface area (Å²) in [7, 11) is 0. The number of carbonyl (C=O) groups is 1. The summed E-state index contributed by atoms with van der Waals surface area (Å²) in [4.78, 5) is 11.9. The summed E-state index contributed by atoms with van der Waals surface area (Å²) in [6.45, 7) is 2.21. The zero-order chi connectivity index (χ0) is 14.4. The molecule has 20 heavy (non-hydrogen) atoms. The monoisotopic (exact) mass is 289 g/mol. The molecule has 2 aromatic rings. The standard InChI is InChI=1S/C16H16ClNO2/c1-12(20-15-9-7-14(17)8-10-15)16(19)18-11-13-5-3-2-4-6-13/h2-10,12H,11H2,1H3,(H,18,19). The second kappa shape index (κ2) is 6.96. The number of halogens is 1. The van der Waals surface area contributed by atoms with Crippen molar-refractivity contribution in [3.05, 3.63) is 65.2 Å². The van der Waals surface area contributed by atoms with Gasteiger partial charge in [-0.25, -0.2) is 0 Å². The fraction of sp³-hybridized carbons (Fsp3) is 0.188. The molecule has 1 amide bonds. The minimum absolute atomic E-state index is 0.149. The van der Waals surface area contributed by atoms with Gasteiger partial charge in [0.1, 0.15) is 5.75 Å². The van der Waals surface area contributed by atoms with Gasteiger partial charge in [0.05, 0.1) is 0 Å². The number of nitrogens with one attached hydrogen (secondary N) is 1. The Morgan fingerprint density at radius 2 is 1.80 bits per heavy atom. The van der Waals surface area contributed by atoms with Crippen LogP contribution >= 0.6 is 11.6 Å². The summed E-state index contributed by atoms with van der Waals surface area (Å²) in [6, 6.07) is 16.7. The van der Waals surface area contributed by atoms with Gasteiger partial charge in [0.15, 0.2) is 6.10 Å². The molecule has 0 saturated carbocycles. The Labute approximate surface area is 123 Å². The third-order valence-corrected chi connectivity index (χ3v) is 3.06. The number of ether oxygens (including phenoxy) is 1. The highest BCUT2D eigenvalue weighted by atomic mass is 35.5. The molecule has 0 radical (unpaired) electrons. The molecule has 1 atom stereocenters. The molecule has 0 aliphatic rings.